The lowest BCUT2D eigenvalue weighted by Crippen LogP contribution is -2.45. The van der Waals surface area contributed by atoms with Crippen LogP contribution in [0.1, 0.15) is 59.3 Å². The molecule has 0 radical (unpaired) electrons. The Morgan fingerprint density at radius 3 is 2.61 bits per heavy atom. The van der Waals surface area contributed by atoms with Gasteiger partial charge >= 0.3 is 0 Å². The van der Waals surface area contributed by atoms with Gasteiger partial charge in [0.05, 0.1) is 0 Å². The summed E-state index contributed by atoms with van der Waals surface area (Å²) in [7, 11) is 0. The van der Waals surface area contributed by atoms with E-state index in [1.165, 1.54) is 58.2 Å². The van der Waals surface area contributed by atoms with E-state index in [1.54, 1.807) is 0 Å². The summed E-state index contributed by atoms with van der Waals surface area (Å²) < 4.78 is 0. The minimum absolute atomic E-state index is 0.760. The molecule has 3 atom stereocenters. The average molecular weight is 252 g/mol. The van der Waals surface area contributed by atoms with Gasteiger partial charge in [-0.15, -0.1) is 0 Å². The molecule has 2 aliphatic rings. The molecule has 1 saturated heterocycles. The van der Waals surface area contributed by atoms with Gasteiger partial charge in [0, 0.05) is 25.2 Å². The summed E-state index contributed by atoms with van der Waals surface area (Å²) in [5.41, 5.74) is 0. The van der Waals surface area contributed by atoms with Crippen LogP contribution < -0.4 is 5.32 Å². The van der Waals surface area contributed by atoms with E-state index in [2.05, 4.69) is 31.0 Å². The van der Waals surface area contributed by atoms with Crippen LogP contribution in [0, 0.1) is 11.8 Å². The summed E-state index contributed by atoms with van der Waals surface area (Å²) >= 11 is 0. The van der Waals surface area contributed by atoms with Crippen LogP contribution >= 0.6 is 0 Å². The molecule has 1 heterocycles. The molecule has 3 unspecified atom stereocenters. The first-order chi connectivity index (χ1) is 8.72. The van der Waals surface area contributed by atoms with Crippen molar-refractivity contribution in [1.82, 2.24) is 10.2 Å². The average Bonchev–Trinajstić information content (AvgIpc) is 2.63. The molecule has 2 nitrogen and oxygen atoms in total. The second kappa shape index (κ2) is 6.91. The van der Waals surface area contributed by atoms with Crippen LogP contribution in [0.15, 0.2) is 0 Å². The molecular formula is C16H32N2. The van der Waals surface area contributed by atoms with Crippen molar-refractivity contribution in [3.05, 3.63) is 0 Å². The smallest absolute Gasteiger partial charge is 0.0126 e. The number of nitrogens with one attached hydrogen (secondary N) is 1. The highest BCUT2D eigenvalue weighted by Gasteiger charge is 2.32. The Labute approximate surface area is 114 Å². The SMILES string of the molecule is CCC1CCN(C2CCCCC2C(C)C)CCN1. The maximum Gasteiger partial charge on any atom is 0.0126 e. The molecule has 106 valence electrons. The van der Waals surface area contributed by atoms with Crippen molar-refractivity contribution in [2.24, 2.45) is 11.8 Å². The molecule has 0 bridgehead atoms. The second-order valence-corrected chi connectivity index (χ2v) is 6.64. The molecule has 0 amide bonds. The predicted octanol–water partition coefficient (Wildman–Crippen LogP) is 3.28. The quantitative estimate of drug-likeness (QED) is 0.829. The molecule has 2 rings (SSSR count). The van der Waals surface area contributed by atoms with Crippen molar-refractivity contribution in [2.45, 2.75) is 71.4 Å². The van der Waals surface area contributed by atoms with Crippen LogP contribution in [-0.4, -0.2) is 36.6 Å². The van der Waals surface area contributed by atoms with Crippen LogP contribution in [0.5, 0.6) is 0 Å². The maximum atomic E-state index is 3.70. The lowest BCUT2D eigenvalue weighted by atomic mass is 9.77. The van der Waals surface area contributed by atoms with Gasteiger partial charge in [0.15, 0.2) is 0 Å². The van der Waals surface area contributed by atoms with Crippen LogP contribution in [0.4, 0.5) is 0 Å². The van der Waals surface area contributed by atoms with Gasteiger partial charge in [-0.25, -0.2) is 0 Å². The Morgan fingerprint density at radius 1 is 1.11 bits per heavy atom. The van der Waals surface area contributed by atoms with Gasteiger partial charge in [-0.2, -0.15) is 0 Å². The van der Waals surface area contributed by atoms with Crippen LogP contribution in [0.2, 0.25) is 0 Å². The number of hydrogen-bond acceptors (Lipinski definition) is 2. The first-order valence-electron chi connectivity index (χ1n) is 8.19. The van der Waals surface area contributed by atoms with Gasteiger partial charge in [0.2, 0.25) is 0 Å². The van der Waals surface area contributed by atoms with Crippen molar-refractivity contribution >= 4 is 0 Å². The van der Waals surface area contributed by atoms with E-state index < -0.39 is 0 Å². The number of rotatable bonds is 3. The van der Waals surface area contributed by atoms with Crippen molar-refractivity contribution < 1.29 is 0 Å². The topological polar surface area (TPSA) is 15.3 Å². The van der Waals surface area contributed by atoms with Gasteiger partial charge in [-0.3, -0.25) is 4.90 Å². The first-order valence-corrected chi connectivity index (χ1v) is 8.19. The summed E-state index contributed by atoms with van der Waals surface area (Å²) in [6, 6.07) is 1.63. The molecule has 0 aromatic heterocycles. The van der Waals surface area contributed by atoms with E-state index in [4.69, 9.17) is 0 Å². The van der Waals surface area contributed by atoms with Gasteiger partial charge in [-0.1, -0.05) is 33.6 Å². The summed E-state index contributed by atoms with van der Waals surface area (Å²) in [6.07, 6.45) is 8.45. The van der Waals surface area contributed by atoms with Gasteiger partial charge in [0.25, 0.3) is 0 Å². The van der Waals surface area contributed by atoms with E-state index in [0.29, 0.717) is 0 Å². The van der Waals surface area contributed by atoms with E-state index >= 15 is 0 Å². The minimum Gasteiger partial charge on any atom is -0.313 e. The summed E-state index contributed by atoms with van der Waals surface area (Å²) in [5.74, 6) is 1.80. The standard InChI is InChI=1S/C16H32N2/c1-4-14-9-11-18(12-10-17-14)16-8-6-5-7-15(16)13(2)3/h13-17H,4-12H2,1-3H3. The zero-order chi connectivity index (χ0) is 13.0. The van der Waals surface area contributed by atoms with Gasteiger partial charge in [0.1, 0.15) is 0 Å². The lowest BCUT2D eigenvalue weighted by molar-refractivity contribution is 0.0834. The normalized spacial score (nSPS) is 35.7. The van der Waals surface area contributed by atoms with Crippen molar-refractivity contribution in [1.29, 1.82) is 0 Å². The molecule has 1 aliphatic carbocycles. The fraction of sp³-hybridized carbons (Fsp3) is 1.00. The lowest BCUT2D eigenvalue weighted by Gasteiger charge is -2.41. The summed E-state index contributed by atoms with van der Waals surface area (Å²) in [4.78, 5) is 2.81. The Balaban J connectivity index is 1.95. The monoisotopic (exact) mass is 252 g/mol. The van der Waals surface area contributed by atoms with E-state index in [0.717, 1.165) is 23.9 Å². The fourth-order valence-corrected chi connectivity index (χ4v) is 4.00. The Kier molecular flexibility index (Phi) is 5.50. The highest BCUT2D eigenvalue weighted by atomic mass is 15.2. The van der Waals surface area contributed by atoms with Crippen molar-refractivity contribution in [3.63, 3.8) is 0 Å². The largest absolute Gasteiger partial charge is 0.313 e. The van der Waals surface area contributed by atoms with E-state index in [9.17, 15) is 0 Å². The third-order valence-corrected chi connectivity index (χ3v) is 5.20. The number of nitrogens with zero attached hydrogens (tertiary/aromatic N) is 1. The maximum absolute atomic E-state index is 3.70. The van der Waals surface area contributed by atoms with E-state index in [1.807, 2.05) is 0 Å². The third-order valence-electron chi connectivity index (χ3n) is 5.20. The second-order valence-electron chi connectivity index (χ2n) is 6.64. The first kappa shape index (κ1) is 14.3. The minimum atomic E-state index is 0.760. The van der Waals surface area contributed by atoms with Crippen molar-refractivity contribution in [3.8, 4) is 0 Å². The Bertz CT molecular complexity index is 239. The molecule has 18 heavy (non-hydrogen) atoms. The van der Waals surface area contributed by atoms with E-state index in [-0.39, 0.29) is 0 Å². The zero-order valence-electron chi connectivity index (χ0n) is 12.6. The zero-order valence-corrected chi connectivity index (χ0v) is 12.6. The molecule has 2 heteroatoms. The third kappa shape index (κ3) is 3.48. The Hall–Kier alpha value is -0.0800. The van der Waals surface area contributed by atoms with Gasteiger partial charge < -0.3 is 5.32 Å². The highest BCUT2D eigenvalue weighted by molar-refractivity contribution is 4.87. The van der Waals surface area contributed by atoms with Crippen LogP contribution in [-0.2, 0) is 0 Å². The fourth-order valence-electron chi connectivity index (χ4n) is 4.00. The highest BCUT2D eigenvalue weighted by Crippen LogP contribution is 2.33. The molecule has 1 saturated carbocycles. The predicted molar refractivity (Wildman–Crippen MR) is 78.9 cm³/mol. The molecule has 1 aliphatic heterocycles. The molecule has 0 aromatic rings. The Morgan fingerprint density at radius 2 is 1.89 bits per heavy atom. The molecule has 0 aromatic carbocycles. The van der Waals surface area contributed by atoms with Crippen LogP contribution in [0.25, 0.3) is 0 Å². The van der Waals surface area contributed by atoms with Crippen molar-refractivity contribution in [2.75, 3.05) is 19.6 Å². The summed E-state index contributed by atoms with van der Waals surface area (Å²) in [5, 5.41) is 3.70. The molecule has 1 N–H and O–H groups in total. The molecule has 0 spiro atoms. The molecule has 2 fully saturated rings. The van der Waals surface area contributed by atoms with Gasteiger partial charge in [-0.05, 0) is 44.1 Å². The number of hydrogen-bond donors (Lipinski definition) is 1. The molecular weight excluding hydrogens is 220 g/mol. The van der Waals surface area contributed by atoms with Crippen LogP contribution in [0.3, 0.4) is 0 Å². The summed E-state index contributed by atoms with van der Waals surface area (Å²) in [6.45, 7) is 10.9.